The van der Waals surface area contributed by atoms with Crippen LogP contribution in [-0.4, -0.2) is 0 Å². The summed E-state index contributed by atoms with van der Waals surface area (Å²) in [6.07, 6.45) is 4.54. The first-order valence-corrected chi connectivity index (χ1v) is 2.51. The van der Waals surface area contributed by atoms with Crippen molar-refractivity contribution in [2.75, 3.05) is 0 Å². The van der Waals surface area contributed by atoms with E-state index in [2.05, 4.69) is 12.8 Å². The van der Waals surface area contributed by atoms with Gasteiger partial charge in [0.15, 0.2) is 6.11 Å². The van der Waals surface area contributed by atoms with E-state index in [0.29, 0.717) is 0 Å². The molecular formula is C6H9O. The Labute approximate surface area is 44.4 Å². The molecule has 0 saturated heterocycles. The van der Waals surface area contributed by atoms with Gasteiger partial charge < -0.3 is 0 Å². The van der Waals surface area contributed by atoms with E-state index in [9.17, 15) is 5.11 Å². The summed E-state index contributed by atoms with van der Waals surface area (Å²) in [7, 11) is 0. The van der Waals surface area contributed by atoms with E-state index in [1.807, 2.05) is 0 Å². The lowest BCUT2D eigenvalue weighted by molar-refractivity contribution is 0.391. The van der Waals surface area contributed by atoms with Crippen LogP contribution < -0.4 is 0 Å². The van der Waals surface area contributed by atoms with E-state index in [0.717, 1.165) is 19.3 Å². The first-order valence-electron chi connectivity index (χ1n) is 2.51. The van der Waals surface area contributed by atoms with Gasteiger partial charge in [0, 0.05) is 6.42 Å². The highest BCUT2D eigenvalue weighted by Gasteiger charge is 1.74. The Kier molecular flexibility index (Phi) is 4.87. The van der Waals surface area contributed by atoms with Crippen LogP contribution in [0.3, 0.4) is 0 Å². The topological polar surface area (TPSA) is 19.9 Å². The lowest BCUT2D eigenvalue weighted by atomic mass is 10.3. The molecule has 7 heavy (non-hydrogen) atoms. The van der Waals surface area contributed by atoms with Crippen LogP contribution in [0.4, 0.5) is 0 Å². The molecule has 0 aliphatic carbocycles. The molecule has 0 aliphatic rings. The number of hydrogen-bond acceptors (Lipinski definition) is 0. The molecule has 0 unspecified atom stereocenters. The van der Waals surface area contributed by atoms with Crippen molar-refractivity contribution in [2.24, 2.45) is 0 Å². The van der Waals surface area contributed by atoms with E-state index < -0.39 is 0 Å². The van der Waals surface area contributed by atoms with Crippen LogP contribution in [0.15, 0.2) is 0 Å². The SMILES string of the molecule is CCCCC#C[O]. The Morgan fingerprint density at radius 2 is 2.29 bits per heavy atom. The van der Waals surface area contributed by atoms with Crippen LogP contribution in [0, 0.1) is 12.0 Å². The maximum absolute atomic E-state index is 9.44. The fraction of sp³-hybridized carbons (Fsp3) is 0.667. The van der Waals surface area contributed by atoms with Gasteiger partial charge in [0.05, 0.1) is 0 Å². The lowest BCUT2D eigenvalue weighted by Gasteiger charge is -1.79. The summed E-state index contributed by atoms with van der Waals surface area (Å²) in [6.45, 7) is 2.08. The van der Waals surface area contributed by atoms with Crippen LogP contribution >= 0.6 is 0 Å². The molecule has 0 atom stereocenters. The van der Waals surface area contributed by atoms with Crippen molar-refractivity contribution in [3.8, 4) is 12.0 Å². The van der Waals surface area contributed by atoms with Gasteiger partial charge in [-0.2, -0.15) is 0 Å². The Balaban J connectivity index is 2.78. The second kappa shape index (κ2) is 5.36. The summed E-state index contributed by atoms with van der Waals surface area (Å²) < 4.78 is 0. The van der Waals surface area contributed by atoms with Gasteiger partial charge in [-0.25, -0.2) is 5.11 Å². The molecule has 1 heteroatoms. The molecule has 1 nitrogen and oxygen atoms in total. The zero-order valence-corrected chi connectivity index (χ0v) is 4.53. The van der Waals surface area contributed by atoms with Crippen molar-refractivity contribution in [1.82, 2.24) is 0 Å². The Hall–Kier alpha value is -0.640. The predicted molar refractivity (Wildman–Crippen MR) is 28.0 cm³/mol. The molecule has 0 saturated carbocycles. The molecule has 0 aromatic rings. The quantitative estimate of drug-likeness (QED) is 0.368. The van der Waals surface area contributed by atoms with Crippen molar-refractivity contribution in [3.05, 3.63) is 0 Å². The van der Waals surface area contributed by atoms with Gasteiger partial charge in [-0.1, -0.05) is 19.3 Å². The van der Waals surface area contributed by atoms with Gasteiger partial charge in [-0.15, -0.1) is 0 Å². The van der Waals surface area contributed by atoms with Gasteiger partial charge in [0.25, 0.3) is 0 Å². The zero-order chi connectivity index (χ0) is 5.54. The first-order chi connectivity index (χ1) is 3.41. The van der Waals surface area contributed by atoms with Crippen LogP contribution in [0.2, 0.25) is 0 Å². The highest BCUT2D eigenvalue weighted by Crippen LogP contribution is 1.89. The molecule has 0 aromatic carbocycles. The highest BCUT2D eigenvalue weighted by molar-refractivity contribution is 4.88. The Morgan fingerprint density at radius 3 is 2.71 bits per heavy atom. The van der Waals surface area contributed by atoms with Crippen molar-refractivity contribution in [3.63, 3.8) is 0 Å². The lowest BCUT2D eigenvalue weighted by Crippen LogP contribution is -1.64. The van der Waals surface area contributed by atoms with Gasteiger partial charge in [0.1, 0.15) is 0 Å². The fourth-order valence-electron chi connectivity index (χ4n) is 0.316. The average Bonchev–Trinajstić information content (AvgIpc) is 1.69. The van der Waals surface area contributed by atoms with Crippen molar-refractivity contribution < 1.29 is 5.11 Å². The molecule has 0 N–H and O–H groups in total. The second-order valence-electron chi connectivity index (χ2n) is 1.38. The van der Waals surface area contributed by atoms with Gasteiger partial charge in [-0.05, 0) is 6.42 Å². The van der Waals surface area contributed by atoms with E-state index in [1.54, 1.807) is 6.11 Å². The molecule has 39 valence electrons. The largest absolute Gasteiger partial charge is 0.224 e. The molecule has 0 amide bonds. The predicted octanol–water partition coefficient (Wildman–Crippen LogP) is 1.57. The molecule has 0 fully saturated rings. The Bertz CT molecular complexity index is 75.9. The summed E-state index contributed by atoms with van der Waals surface area (Å²) in [6, 6.07) is 0. The number of hydrogen-bond donors (Lipinski definition) is 0. The van der Waals surface area contributed by atoms with Gasteiger partial charge in [0.2, 0.25) is 0 Å². The van der Waals surface area contributed by atoms with Crippen molar-refractivity contribution >= 4 is 0 Å². The third kappa shape index (κ3) is 5.36. The molecule has 0 spiro atoms. The van der Waals surface area contributed by atoms with E-state index in [-0.39, 0.29) is 0 Å². The normalized spacial score (nSPS) is 7.00. The van der Waals surface area contributed by atoms with E-state index in [1.165, 1.54) is 0 Å². The van der Waals surface area contributed by atoms with Crippen molar-refractivity contribution in [1.29, 1.82) is 0 Å². The fourth-order valence-corrected chi connectivity index (χ4v) is 0.316. The van der Waals surface area contributed by atoms with Gasteiger partial charge in [-0.3, -0.25) is 0 Å². The standard InChI is InChI=1S/C6H9O/c1-2-3-4-5-6-7/h2-4H2,1H3. The molecule has 0 aromatic heterocycles. The molecule has 0 bridgehead atoms. The Morgan fingerprint density at radius 1 is 1.57 bits per heavy atom. The summed E-state index contributed by atoms with van der Waals surface area (Å²) in [5.74, 6) is 2.44. The highest BCUT2D eigenvalue weighted by atomic mass is 16.2. The monoisotopic (exact) mass is 97.1 g/mol. The minimum atomic E-state index is 0.764. The minimum absolute atomic E-state index is 0.764. The minimum Gasteiger partial charge on any atom is -0.224 e. The molecule has 0 rings (SSSR count). The maximum Gasteiger partial charge on any atom is 0.172 e. The first kappa shape index (κ1) is 6.36. The summed E-state index contributed by atoms with van der Waals surface area (Å²) in [5.41, 5.74) is 0. The maximum atomic E-state index is 9.44. The third-order valence-corrected chi connectivity index (χ3v) is 0.727. The third-order valence-electron chi connectivity index (χ3n) is 0.727. The summed E-state index contributed by atoms with van der Waals surface area (Å²) in [4.78, 5) is 0. The number of rotatable bonds is 2. The van der Waals surface area contributed by atoms with E-state index in [4.69, 9.17) is 0 Å². The van der Waals surface area contributed by atoms with Gasteiger partial charge >= 0.3 is 0 Å². The zero-order valence-electron chi connectivity index (χ0n) is 4.53. The average molecular weight is 97.1 g/mol. The van der Waals surface area contributed by atoms with Crippen LogP contribution in [0.5, 0.6) is 0 Å². The second-order valence-corrected chi connectivity index (χ2v) is 1.38. The van der Waals surface area contributed by atoms with Crippen LogP contribution in [0.1, 0.15) is 26.2 Å². The summed E-state index contributed by atoms with van der Waals surface area (Å²) >= 11 is 0. The van der Waals surface area contributed by atoms with Crippen LogP contribution in [-0.2, 0) is 5.11 Å². The molecular weight excluding hydrogens is 88.1 g/mol. The van der Waals surface area contributed by atoms with Crippen LogP contribution in [0.25, 0.3) is 0 Å². The summed E-state index contributed by atoms with van der Waals surface area (Å²) in [5, 5.41) is 9.44. The molecule has 1 radical (unpaired) electrons. The smallest absolute Gasteiger partial charge is 0.172 e. The molecule has 0 aliphatic heterocycles. The number of unbranched alkanes of at least 4 members (excludes halogenated alkanes) is 2. The van der Waals surface area contributed by atoms with Crippen molar-refractivity contribution in [2.45, 2.75) is 26.2 Å². The molecule has 0 heterocycles. The van der Waals surface area contributed by atoms with E-state index >= 15 is 0 Å².